The van der Waals surface area contributed by atoms with Crippen molar-refractivity contribution in [2.24, 2.45) is 0 Å². The molecule has 180 valence electrons. The molecule has 4 nitrogen and oxygen atoms in total. The van der Waals surface area contributed by atoms with Crippen molar-refractivity contribution in [3.8, 4) is 16.9 Å². The average molecular weight is 484 g/mol. The average Bonchev–Trinajstić information content (AvgIpc) is 3.30. The van der Waals surface area contributed by atoms with Crippen LogP contribution in [0.1, 0.15) is 18.1 Å². The van der Waals surface area contributed by atoms with Crippen LogP contribution >= 0.6 is 0 Å². The van der Waals surface area contributed by atoms with E-state index in [1.165, 1.54) is 12.1 Å². The molecule has 4 aromatic carbocycles. The zero-order valence-electron chi connectivity index (χ0n) is 19.8. The number of fused-ring (bicyclic) bond motifs is 2. The normalized spacial score (nSPS) is 11.7. The third kappa shape index (κ3) is 4.33. The molecule has 1 aromatic heterocycles. The Morgan fingerprint density at radius 2 is 1.67 bits per heavy atom. The van der Waals surface area contributed by atoms with Crippen molar-refractivity contribution in [2.45, 2.75) is 13.5 Å². The lowest BCUT2D eigenvalue weighted by atomic mass is 9.96. The maximum Gasteiger partial charge on any atom is 0.244 e. The van der Waals surface area contributed by atoms with Crippen LogP contribution in [-0.4, -0.2) is 13.0 Å². The maximum atomic E-state index is 13.9. The van der Waals surface area contributed by atoms with E-state index in [0.717, 1.165) is 39.4 Å². The molecule has 36 heavy (non-hydrogen) atoms. The third-order valence-corrected chi connectivity index (χ3v) is 6.25. The summed E-state index contributed by atoms with van der Waals surface area (Å²) in [6.45, 7) is 1.52. The Morgan fingerprint density at radius 3 is 2.44 bits per heavy atom. The Bertz CT molecular complexity index is 1610. The molecule has 1 amide bonds. The Balaban J connectivity index is 1.50. The topological polar surface area (TPSA) is 51.5 Å². The van der Waals surface area contributed by atoms with Crippen LogP contribution in [0.15, 0.2) is 89.6 Å². The zero-order chi connectivity index (χ0) is 25.2. The number of amides is 1. The van der Waals surface area contributed by atoms with E-state index in [1.807, 2.05) is 24.3 Å². The number of allylic oxidation sites excluding steroid dienone is 1. The predicted molar refractivity (Wildman–Crippen MR) is 138 cm³/mol. The minimum Gasteiger partial charge on any atom is -0.496 e. The summed E-state index contributed by atoms with van der Waals surface area (Å²) < 4.78 is 39.2. The molecule has 0 aliphatic rings. The summed E-state index contributed by atoms with van der Waals surface area (Å²) in [5.41, 5.74) is 3.78. The molecule has 5 rings (SSSR count). The molecule has 1 N–H and O–H groups in total. The summed E-state index contributed by atoms with van der Waals surface area (Å²) in [7, 11) is 1.55. The van der Waals surface area contributed by atoms with E-state index in [0.29, 0.717) is 22.5 Å². The molecule has 0 aliphatic heterocycles. The van der Waals surface area contributed by atoms with E-state index in [1.54, 1.807) is 26.4 Å². The van der Waals surface area contributed by atoms with Gasteiger partial charge in [-0.25, -0.2) is 8.78 Å². The number of ether oxygens (including phenoxy) is 1. The first-order valence-electron chi connectivity index (χ1n) is 11.4. The first kappa shape index (κ1) is 23.3. The van der Waals surface area contributed by atoms with Gasteiger partial charge in [-0.2, -0.15) is 0 Å². The molecule has 0 fully saturated rings. The zero-order valence-corrected chi connectivity index (χ0v) is 19.8. The summed E-state index contributed by atoms with van der Waals surface area (Å²) in [5, 5.41) is 5.66. The number of benzene rings is 4. The highest BCUT2D eigenvalue weighted by Gasteiger charge is 2.16. The summed E-state index contributed by atoms with van der Waals surface area (Å²) in [6, 6.07) is 21.6. The fourth-order valence-corrected chi connectivity index (χ4v) is 4.40. The first-order valence-corrected chi connectivity index (χ1v) is 11.4. The van der Waals surface area contributed by atoms with Gasteiger partial charge in [0.1, 0.15) is 23.0 Å². The lowest BCUT2D eigenvalue weighted by Crippen LogP contribution is -2.22. The predicted octanol–water partition coefficient (Wildman–Crippen LogP) is 7.26. The van der Waals surface area contributed by atoms with Gasteiger partial charge in [0, 0.05) is 40.8 Å². The van der Waals surface area contributed by atoms with Crippen LogP contribution in [0.25, 0.3) is 38.4 Å². The molecular weight excluding hydrogens is 460 g/mol. The van der Waals surface area contributed by atoms with Crippen molar-refractivity contribution in [2.75, 3.05) is 7.11 Å². The molecule has 1 heterocycles. The van der Waals surface area contributed by atoms with Crippen molar-refractivity contribution < 1.29 is 22.7 Å². The quantitative estimate of drug-likeness (QED) is 0.259. The number of rotatable bonds is 6. The highest BCUT2D eigenvalue weighted by molar-refractivity contribution is 6.06. The van der Waals surface area contributed by atoms with Gasteiger partial charge in [-0.15, -0.1) is 0 Å². The van der Waals surface area contributed by atoms with Crippen LogP contribution in [0, 0.1) is 11.6 Å². The van der Waals surface area contributed by atoms with Gasteiger partial charge in [-0.3, -0.25) is 4.79 Å². The Hall–Kier alpha value is -4.45. The maximum absolute atomic E-state index is 13.9. The molecule has 5 aromatic rings. The smallest absolute Gasteiger partial charge is 0.244 e. The first-order chi connectivity index (χ1) is 17.5. The van der Waals surface area contributed by atoms with Gasteiger partial charge in [-0.05, 0) is 47.0 Å². The van der Waals surface area contributed by atoms with Gasteiger partial charge < -0.3 is 14.5 Å². The monoisotopic (exact) mass is 483 g/mol. The van der Waals surface area contributed by atoms with Crippen molar-refractivity contribution in [1.82, 2.24) is 5.32 Å². The van der Waals surface area contributed by atoms with E-state index < -0.39 is 17.5 Å². The fourth-order valence-electron chi connectivity index (χ4n) is 4.40. The van der Waals surface area contributed by atoms with Gasteiger partial charge >= 0.3 is 0 Å². The Labute approximate surface area is 206 Å². The second-order valence-electron chi connectivity index (χ2n) is 8.47. The number of hydrogen-bond donors (Lipinski definition) is 1. The third-order valence-electron chi connectivity index (χ3n) is 6.25. The largest absolute Gasteiger partial charge is 0.496 e. The molecule has 0 spiro atoms. The standard InChI is InChI=1S/C30H23F2NO3/c1-18(13-30(34)33-16-24-26(31)11-6-12-27(24)32)22-14-23-25(17-36-29(23)15-28(22)35-2)21-10-5-8-19-7-3-4-9-20(19)21/h3-15,17H,16H2,1-2H3,(H,33,34)/b18-13+. The second-order valence-corrected chi connectivity index (χ2v) is 8.47. The van der Waals surface area contributed by atoms with Gasteiger partial charge in [-0.1, -0.05) is 48.5 Å². The molecule has 0 aliphatic carbocycles. The number of methoxy groups -OCH3 is 1. The highest BCUT2D eigenvalue weighted by atomic mass is 19.1. The summed E-state index contributed by atoms with van der Waals surface area (Å²) in [6.07, 6.45) is 3.12. The number of nitrogens with one attached hydrogen (secondary N) is 1. The molecule has 0 bridgehead atoms. The molecule has 0 saturated carbocycles. The number of hydrogen-bond acceptors (Lipinski definition) is 3. The van der Waals surface area contributed by atoms with E-state index in [-0.39, 0.29) is 12.1 Å². The number of carbonyl (C=O) groups is 1. The van der Waals surface area contributed by atoms with E-state index in [9.17, 15) is 13.6 Å². The molecular formula is C30H23F2NO3. The molecule has 0 atom stereocenters. The Kier molecular flexibility index (Phi) is 6.25. The van der Waals surface area contributed by atoms with E-state index >= 15 is 0 Å². The van der Waals surface area contributed by atoms with Crippen molar-refractivity contribution >= 4 is 33.2 Å². The van der Waals surface area contributed by atoms with Crippen molar-refractivity contribution in [1.29, 1.82) is 0 Å². The lowest BCUT2D eigenvalue weighted by molar-refractivity contribution is -0.116. The van der Waals surface area contributed by atoms with Crippen LogP contribution in [0.2, 0.25) is 0 Å². The fraction of sp³-hybridized carbons (Fsp3) is 0.100. The Morgan fingerprint density at radius 1 is 0.944 bits per heavy atom. The van der Waals surface area contributed by atoms with Crippen LogP contribution < -0.4 is 10.1 Å². The highest BCUT2D eigenvalue weighted by Crippen LogP contribution is 2.39. The second kappa shape index (κ2) is 9.66. The van der Waals surface area contributed by atoms with Gasteiger partial charge in [0.05, 0.1) is 13.4 Å². The van der Waals surface area contributed by atoms with Gasteiger partial charge in [0.15, 0.2) is 0 Å². The van der Waals surface area contributed by atoms with Crippen LogP contribution in [0.3, 0.4) is 0 Å². The molecule has 6 heteroatoms. The summed E-state index contributed by atoms with van der Waals surface area (Å²) in [5.74, 6) is -1.34. The SMILES string of the molecule is COc1cc2occ(-c3cccc4ccccc34)c2cc1/C(C)=C/C(=O)NCc1c(F)cccc1F. The van der Waals surface area contributed by atoms with Crippen molar-refractivity contribution in [3.05, 3.63) is 108 Å². The molecule has 0 saturated heterocycles. The van der Waals surface area contributed by atoms with E-state index in [2.05, 4.69) is 29.6 Å². The van der Waals surface area contributed by atoms with Gasteiger partial charge in [0.2, 0.25) is 5.91 Å². The van der Waals surface area contributed by atoms with E-state index in [4.69, 9.17) is 9.15 Å². The lowest BCUT2D eigenvalue weighted by Gasteiger charge is -2.11. The summed E-state index contributed by atoms with van der Waals surface area (Å²) >= 11 is 0. The minimum absolute atomic E-state index is 0.186. The van der Waals surface area contributed by atoms with Crippen LogP contribution in [-0.2, 0) is 11.3 Å². The van der Waals surface area contributed by atoms with Crippen molar-refractivity contribution in [3.63, 3.8) is 0 Å². The number of carbonyl (C=O) groups excluding carboxylic acids is 1. The number of furan rings is 1. The van der Waals surface area contributed by atoms with Gasteiger partial charge in [0.25, 0.3) is 0 Å². The molecule has 0 radical (unpaired) electrons. The molecule has 0 unspecified atom stereocenters. The number of halogens is 2. The van der Waals surface area contributed by atoms with Crippen LogP contribution in [0.5, 0.6) is 5.75 Å². The van der Waals surface area contributed by atoms with Crippen LogP contribution in [0.4, 0.5) is 8.78 Å². The summed E-state index contributed by atoms with van der Waals surface area (Å²) in [4.78, 5) is 12.6. The minimum atomic E-state index is -0.705.